The second-order valence-corrected chi connectivity index (χ2v) is 5.98. The highest BCUT2D eigenvalue weighted by Gasteiger charge is 2.34. The van der Waals surface area contributed by atoms with Gasteiger partial charge in [-0.2, -0.15) is 0 Å². The van der Waals surface area contributed by atoms with Gasteiger partial charge < -0.3 is 19.3 Å². The lowest BCUT2D eigenvalue weighted by Gasteiger charge is -2.32. The number of carbonyl (C=O) groups excluding carboxylic acids is 1. The lowest BCUT2D eigenvalue weighted by atomic mass is 9.87. The Morgan fingerprint density at radius 3 is 2.73 bits per heavy atom. The zero-order chi connectivity index (χ0) is 16.3. The molecule has 2 atom stereocenters. The van der Waals surface area contributed by atoms with E-state index in [0.717, 1.165) is 11.1 Å². The summed E-state index contributed by atoms with van der Waals surface area (Å²) in [5.74, 6) is 0.247. The van der Waals surface area contributed by atoms with Crippen LogP contribution in [0.15, 0.2) is 18.2 Å². The molecular weight excluding hydrogens is 284 g/mol. The number of rotatable bonds is 5. The third-order valence-corrected chi connectivity index (χ3v) is 3.93. The summed E-state index contributed by atoms with van der Waals surface area (Å²) in [4.78, 5) is 12.0. The van der Waals surface area contributed by atoms with Crippen molar-refractivity contribution in [2.45, 2.75) is 51.4 Å². The van der Waals surface area contributed by atoms with E-state index in [1.54, 1.807) is 27.9 Å². The van der Waals surface area contributed by atoms with Gasteiger partial charge in [0.1, 0.15) is 5.75 Å². The predicted octanol–water partition coefficient (Wildman–Crippen LogP) is 1.88. The van der Waals surface area contributed by atoms with Crippen molar-refractivity contribution in [3.63, 3.8) is 0 Å². The zero-order valence-electron chi connectivity index (χ0n) is 13.6. The van der Waals surface area contributed by atoms with Crippen LogP contribution in [0.25, 0.3) is 0 Å². The predicted molar refractivity (Wildman–Crippen MR) is 82.0 cm³/mol. The Kier molecular flexibility index (Phi) is 5.08. The van der Waals surface area contributed by atoms with E-state index >= 15 is 0 Å². The second kappa shape index (κ2) is 6.67. The summed E-state index contributed by atoms with van der Waals surface area (Å²) in [6, 6.07) is 5.67. The molecule has 1 aromatic carbocycles. The minimum Gasteiger partial charge on any atom is -0.476 e. The van der Waals surface area contributed by atoms with E-state index in [2.05, 4.69) is 0 Å². The molecule has 0 amide bonds. The van der Waals surface area contributed by atoms with E-state index in [1.165, 1.54) is 0 Å². The highest BCUT2D eigenvalue weighted by molar-refractivity contribution is 5.79. The maximum Gasteiger partial charge on any atom is 0.349 e. The molecule has 0 spiro atoms. The maximum absolute atomic E-state index is 12.0. The van der Waals surface area contributed by atoms with Crippen molar-refractivity contribution in [1.82, 2.24) is 0 Å². The molecule has 1 aromatic rings. The first-order valence-electron chi connectivity index (χ1n) is 7.57. The lowest BCUT2D eigenvalue weighted by Crippen LogP contribution is -2.41. The summed E-state index contributed by atoms with van der Waals surface area (Å²) in [7, 11) is 1.59. The van der Waals surface area contributed by atoms with Crippen LogP contribution in [0.5, 0.6) is 5.75 Å². The van der Waals surface area contributed by atoms with Gasteiger partial charge >= 0.3 is 5.97 Å². The smallest absolute Gasteiger partial charge is 0.349 e. The Morgan fingerprint density at radius 2 is 2.09 bits per heavy atom. The van der Waals surface area contributed by atoms with Gasteiger partial charge in [-0.1, -0.05) is 12.1 Å². The van der Waals surface area contributed by atoms with Crippen LogP contribution in [0.4, 0.5) is 0 Å². The number of benzene rings is 1. The third-order valence-electron chi connectivity index (χ3n) is 3.93. The van der Waals surface area contributed by atoms with Gasteiger partial charge in [0.2, 0.25) is 0 Å². The van der Waals surface area contributed by atoms with Crippen LogP contribution < -0.4 is 4.74 Å². The van der Waals surface area contributed by atoms with Crippen molar-refractivity contribution in [3.05, 3.63) is 29.3 Å². The normalized spacial score (nSPS) is 21.1. The molecule has 1 aliphatic rings. The first kappa shape index (κ1) is 16.8. The summed E-state index contributed by atoms with van der Waals surface area (Å²) >= 11 is 0. The number of fused-ring (bicyclic) bond motifs is 1. The maximum atomic E-state index is 12.0. The van der Waals surface area contributed by atoms with E-state index in [9.17, 15) is 9.90 Å². The van der Waals surface area contributed by atoms with Crippen molar-refractivity contribution in [2.75, 3.05) is 13.7 Å². The number of carbonyl (C=O) groups is 1. The summed E-state index contributed by atoms with van der Waals surface area (Å²) in [6.07, 6.45) is 0.293. The standard InChI is InChI=1S/C17H24O5/c1-5-21-16(19)17(2,3)22-14-8-6-7-11-9-13(18)15(20-4)10-12(11)14/h6-8,13,15,18H,5,9-10H2,1-4H3/t13-,15-/m0/s1. The minimum absolute atomic E-state index is 0.261. The van der Waals surface area contributed by atoms with Crippen LogP contribution in [-0.4, -0.2) is 42.6 Å². The van der Waals surface area contributed by atoms with Crippen LogP contribution in [0.2, 0.25) is 0 Å². The molecule has 122 valence electrons. The molecule has 0 radical (unpaired) electrons. The second-order valence-electron chi connectivity index (χ2n) is 5.98. The van der Waals surface area contributed by atoms with Crippen molar-refractivity contribution in [2.24, 2.45) is 0 Å². The molecule has 2 rings (SSSR count). The average Bonchev–Trinajstić information content (AvgIpc) is 2.46. The van der Waals surface area contributed by atoms with E-state index in [1.807, 2.05) is 18.2 Å². The molecule has 22 heavy (non-hydrogen) atoms. The molecule has 5 heteroatoms. The lowest BCUT2D eigenvalue weighted by molar-refractivity contribution is -0.158. The number of hydrogen-bond acceptors (Lipinski definition) is 5. The molecule has 0 fully saturated rings. The Morgan fingerprint density at radius 1 is 1.36 bits per heavy atom. The van der Waals surface area contributed by atoms with Crippen LogP contribution in [0.3, 0.4) is 0 Å². The van der Waals surface area contributed by atoms with Gasteiger partial charge in [0.15, 0.2) is 5.60 Å². The summed E-state index contributed by atoms with van der Waals surface area (Å²) in [5.41, 5.74) is 0.944. The SMILES string of the molecule is CCOC(=O)C(C)(C)Oc1cccc2c1C[C@H](OC)[C@@H](O)C2. The minimum atomic E-state index is -1.07. The van der Waals surface area contributed by atoms with Gasteiger partial charge in [0, 0.05) is 25.5 Å². The molecule has 0 aromatic heterocycles. The summed E-state index contributed by atoms with van der Waals surface area (Å²) in [6.45, 7) is 5.46. The van der Waals surface area contributed by atoms with E-state index in [-0.39, 0.29) is 6.10 Å². The fraction of sp³-hybridized carbons (Fsp3) is 0.588. The van der Waals surface area contributed by atoms with Crippen molar-refractivity contribution in [1.29, 1.82) is 0 Å². The molecule has 0 saturated carbocycles. The Balaban J connectivity index is 2.27. The number of aliphatic hydroxyl groups is 1. The van der Waals surface area contributed by atoms with Gasteiger partial charge in [-0.15, -0.1) is 0 Å². The van der Waals surface area contributed by atoms with Crippen molar-refractivity contribution < 1.29 is 24.1 Å². The fourth-order valence-electron chi connectivity index (χ4n) is 2.69. The number of hydrogen-bond donors (Lipinski definition) is 1. The van der Waals surface area contributed by atoms with Crippen LogP contribution in [-0.2, 0) is 27.1 Å². The molecule has 0 aliphatic heterocycles. The van der Waals surface area contributed by atoms with Gasteiger partial charge in [-0.05, 0) is 32.4 Å². The average molecular weight is 308 g/mol. The number of methoxy groups -OCH3 is 1. The quantitative estimate of drug-likeness (QED) is 0.841. The first-order chi connectivity index (χ1) is 10.4. The van der Waals surface area contributed by atoms with Crippen LogP contribution in [0, 0.1) is 0 Å². The Labute approximate surface area is 131 Å². The zero-order valence-corrected chi connectivity index (χ0v) is 13.6. The van der Waals surface area contributed by atoms with Gasteiger partial charge in [0.05, 0.1) is 18.8 Å². The van der Waals surface area contributed by atoms with Gasteiger partial charge in [0.25, 0.3) is 0 Å². The van der Waals surface area contributed by atoms with Crippen LogP contribution in [0.1, 0.15) is 31.9 Å². The number of ether oxygens (including phenoxy) is 3. The van der Waals surface area contributed by atoms with E-state index in [0.29, 0.717) is 25.2 Å². The van der Waals surface area contributed by atoms with E-state index < -0.39 is 17.7 Å². The molecule has 5 nitrogen and oxygen atoms in total. The highest BCUT2D eigenvalue weighted by Crippen LogP contribution is 2.33. The molecule has 1 aliphatic carbocycles. The molecule has 0 saturated heterocycles. The Bertz CT molecular complexity index is 538. The van der Waals surface area contributed by atoms with Crippen molar-refractivity contribution >= 4 is 5.97 Å². The molecule has 0 heterocycles. The Hall–Kier alpha value is -1.59. The number of esters is 1. The molecule has 0 bridgehead atoms. The molecule has 1 N–H and O–H groups in total. The van der Waals surface area contributed by atoms with Gasteiger partial charge in [-0.3, -0.25) is 0 Å². The molecular formula is C17H24O5. The largest absolute Gasteiger partial charge is 0.476 e. The topological polar surface area (TPSA) is 65.0 Å². The van der Waals surface area contributed by atoms with Gasteiger partial charge in [-0.25, -0.2) is 4.79 Å². The summed E-state index contributed by atoms with van der Waals surface area (Å²) < 4.78 is 16.3. The first-order valence-corrected chi connectivity index (χ1v) is 7.57. The monoisotopic (exact) mass is 308 g/mol. The van der Waals surface area contributed by atoms with Crippen LogP contribution >= 0.6 is 0 Å². The third kappa shape index (κ3) is 3.42. The van der Waals surface area contributed by atoms with E-state index in [4.69, 9.17) is 14.2 Å². The fourth-order valence-corrected chi connectivity index (χ4v) is 2.69. The van der Waals surface area contributed by atoms with Crippen molar-refractivity contribution in [3.8, 4) is 5.75 Å². The summed E-state index contributed by atoms with van der Waals surface area (Å²) in [5, 5.41) is 10.1. The number of aliphatic hydroxyl groups excluding tert-OH is 1. The molecule has 0 unspecified atom stereocenters. The highest BCUT2D eigenvalue weighted by atomic mass is 16.6.